The van der Waals surface area contributed by atoms with Crippen LogP contribution in [0.5, 0.6) is 0 Å². The number of nitrogens with zero attached hydrogens (tertiary/aromatic N) is 3. The molecule has 11 heteroatoms. The van der Waals surface area contributed by atoms with Crippen LogP contribution in [0.3, 0.4) is 0 Å². The number of carbonyl (C=O) groups is 2. The van der Waals surface area contributed by atoms with Crippen molar-refractivity contribution in [2.24, 2.45) is 0 Å². The molecule has 3 aliphatic rings. The van der Waals surface area contributed by atoms with E-state index in [9.17, 15) is 18.4 Å². The van der Waals surface area contributed by atoms with Gasteiger partial charge in [0.25, 0.3) is 11.8 Å². The smallest absolute Gasteiger partial charge is 0.258 e. The molecule has 7 rings (SSSR count). The molecule has 0 aliphatic carbocycles. The molecule has 3 saturated heterocycles. The molecular weight excluding hydrogens is 602 g/mol. The van der Waals surface area contributed by atoms with E-state index in [-0.39, 0.29) is 23.9 Å². The van der Waals surface area contributed by atoms with Crippen LogP contribution in [0.1, 0.15) is 70.4 Å². The van der Waals surface area contributed by atoms with Crippen LogP contribution in [-0.2, 0) is 11.2 Å². The molecule has 3 aliphatic heterocycles. The second-order valence-corrected chi connectivity index (χ2v) is 13.0. The summed E-state index contributed by atoms with van der Waals surface area (Å²) in [5.41, 5.74) is 3.60. The third kappa shape index (κ3) is 7.16. The minimum absolute atomic E-state index is 0.00214. The van der Waals surface area contributed by atoms with Gasteiger partial charge in [-0.25, -0.2) is 8.78 Å². The van der Waals surface area contributed by atoms with Gasteiger partial charge in [-0.3, -0.25) is 14.7 Å². The Bertz CT molecular complexity index is 1740. The quantitative estimate of drug-likeness (QED) is 0.208. The molecule has 246 valence electrons. The SMILES string of the molecule is O=C(Nc1n[nH]c2ccc(Cc3cc(F)cc(F)c3)cc12)c1ccc(C(=O)N2CCC[C@H]2CN2CCCC2)cc1NC1CCOCC1. The molecule has 0 bridgehead atoms. The molecule has 3 aromatic carbocycles. The van der Waals surface area contributed by atoms with Crippen LogP contribution in [0.4, 0.5) is 20.3 Å². The Hall–Kier alpha value is -4.35. The number of hydrogen-bond acceptors (Lipinski definition) is 6. The summed E-state index contributed by atoms with van der Waals surface area (Å²) in [6, 6.07) is 14.6. The highest BCUT2D eigenvalue weighted by molar-refractivity contribution is 6.11. The van der Waals surface area contributed by atoms with E-state index in [0.29, 0.717) is 58.7 Å². The van der Waals surface area contributed by atoms with Gasteiger partial charge in [0.2, 0.25) is 0 Å². The molecule has 4 aromatic rings. The number of rotatable bonds is 9. The first-order chi connectivity index (χ1) is 22.9. The standard InChI is InChI=1S/C36H40F2N6O3/c37-26-17-24(18-27(38)21-26)16-23-5-8-32-31(19-23)34(42-41-32)40-35(45)30-7-6-25(20-33(30)39-28-9-14-47-15-10-28)36(46)44-13-3-4-29(44)22-43-11-1-2-12-43/h5-8,17-21,28-29,39H,1-4,9-16,22H2,(H2,40,41,42,45)/t29-/m0/s1. The largest absolute Gasteiger partial charge is 0.381 e. The number of aromatic nitrogens is 2. The van der Waals surface area contributed by atoms with Crippen molar-refractivity contribution in [2.75, 3.05) is 50.0 Å². The molecular formula is C36H40F2N6O3. The number of nitrogens with one attached hydrogen (secondary N) is 3. The molecule has 0 saturated carbocycles. The zero-order chi connectivity index (χ0) is 32.3. The van der Waals surface area contributed by atoms with Crippen molar-refractivity contribution in [3.8, 4) is 0 Å². The van der Waals surface area contributed by atoms with Crippen molar-refractivity contribution >= 4 is 34.2 Å². The van der Waals surface area contributed by atoms with Crippen LogP contribution < -0.4 is 10.6 Å². The molecule has 0 radical (unpaired) electrons. The van der Waals surface area contributed by atoms with Crippen molar-refractivity contribution < 1.29 is 23.1 Å². The van der Waals surface area contributed by atoms with E-state index in [1.165, 1.54) is 25.0 Å². The number of carbonyl (C=O) groups excluding carboxylic acids is 2. The Labute approximate surface area is 272 Å². The average molecular weight is 643 g/mol. The number of aromatic amines is 1. The van der Waals surface area contributed by atoms with E-state index in [0.717, 1.165) is 63.5 Å². The van der Waals surface area contributed by atoms with Gasteiger partial charge >= 0.3 is 0 Å². The maximum Gasteiger partial charge on any atom is 0.258 e. The number of ether oxygens (including phenoxy) is 1. The summed E-state index contributed by atoms with van der Waals surface area (Å²) in [4.78, 5) is 32.2. The third-order valence-corrected chi connectivity index (χ3v) is 9.59. The molecule has 2 amide bonds. The van der Waals surface area contributed by atoms with Crippen LogP contribution >= 0.6 is 0 Å². The maximum absolute atomic E-state index is 13.9. The van der Waals surface area contributed by atoms with Crippen LogP contribution in [0.15, 0.2) is 54.6 Å². The van der Waals surface area contributed by atoms with Crippen molar-refractivity contribution in [3.05, 3.63) is 88.5 Å². The second-order valence-electron chi connectivity index (χ2n) is 13.0. The summed E-state index contributed by atoms with van der Waals surface area (Å²) in [6.07, 6.45) is 6.35. The van der Waals surface area contributed by atoms with Gasteiger partial charge in [-0.15, -0.1) is 0 Å². The Kier molecular flexibility index (Phi) is 9.17. The number of benzene rings is 3. The van der Waals surface area contributed by atoms with E-state index in [2.05, 4.69) is 25.7 Å². The number of halogens is 2. The monoisotopic (exact) mass is 642 g/mol. The van der Waals surface area contributed by atoms with E-state index in [1.54, 1.807) is 12.1 Å². The molecule has 9 nitrogen and oxygen atoms in total. The lowest BCUT2D eigenvalue weighted by molar-refractivity contribution is 0.0708. The average Bonchev–Trinajstić information content (AvgIpc) is 3.83. The Morgan fingerprint density at radius 1 is 0.894 bits per heavy atom. The highest BCUT2D eigenvalue weighted by Gasteiger charge is 2.32. The van der Waals surface area contributed by atoms with Gasteiger partial charge in [-0.2, -0.15) is 5.10 Å². The van der Waals surface area contributed by atoms with Crippen LogP contribution in [-0.4, -0.2) is 83.3 Å². The summed E-state index contributed by atoms with van der Waals surface area (Å²) in [5, 5.41) is 14.5. The van der Waals surface area contributed by atoms with Crippen molar-refractivity contribution in [2.45, 2.75) is 57.0 Å². The fourth-order valence-electron chi connectivity index (χ4n) is 7.17. The molecule has 4 heterocycles. The number of hydrogen-bond donors (Lipinski definition) is 3. The zero-order valence-electron chi connectivity index (χ0n) is 26.4. The lowest BCUT2D eigenvalue weighted by Gasteiger charge is -2.29. The Morgan fingerprint density at radius 3 is 2.47 bits per heavy atom. The first kappa shape index (κ1) is 31.3. The lowest BCUT2D eigenvalue weighted by atomic mass is 10.0. The van der Waals surface area contributed by atoms with E-state index in [4.69, 9.17) is 4.74 Å². The highest BCUT2D eigenvalue weighted by atomic mass is 19.1. The van der Waals surface area contributed by atoms with Crippen LogP contribution in [0.25, 0.3) is 10.9 Å². The summed E-state index contributed by atoms with van der Waals surface area (Å²) < 4.78 is 33.1. The molecule has 0 spiro atoms. The first-order valence-corrected chi connectivity index (χ1v) is 16.6. The Balaban J connectivity index is 1.13. The number of amides is 2. The molecule has 1 aromatic heterocycles. The van der Waals surface area contributed by atoms with E-state index in [1.807, 2.05) is 29.2 Å². The molecule has 47 heavy (non-hydrogen) atoms. The lowest BCUT2D eigenvalue weighted by Crippen LogP contribution is -2.42. The number of likely N-dealkylation sites (tertiary alicyclic amines) is 2. The highest BCUT2D eigenvalue weighted by Crippen LogP contribution is 2.29. The summed E-state index contributed by atoms with van der Waals surface area (Å²) in [6.45, 7) is 5.12. The maximum atomic E-state index is 13.9. The summed E-state index contributed by atoms with van der Waals surface area (Å²) >= 11 is 0. The second kappa shape index (κ2) is 13.8. The normalized spacial score (nSPS) is 19.0. The minimum atomic E-state index is -0.627. The zero-order valence-corrected chi connectivity index (χ0v) is 26.4. The fraction of sp³-hybridized carbons (Fsp3) is 0.417. The molecule has 0 unspecified atom stereocenters. The van der Waals surface area contributed by atoms with Crippen molar-refractivity contribution in [1.82, 2.24) is 20.0 Å². The predicted octanol–water partition coefficient (Wildman–Crippen LogP) is 5.98. The van der Waals surface area contributed by atoms with Crippen molar-refractivity contribution in [1.29, 1.82) is 0 Å². The third-order valence-electron chi connectivity index (χ3n) is 9.59. The summed E-state index contributed by atoms with van der Waals surface area (Å²) in [5.74, 6) is -1.28. The predicted molar refractivity (Wildman–Crippen MR) is 177 cm³/mol. The molecule has 3 N–H and O–H groups in total. The van der Waals surface area contributed by atoms with Gasteiger partial charge in [0, 0.05) is 61.1 Å². The summed E-state index contributed by atoms with van der Waals surface area (Å²) in [7, 11) is 0. The van der Waals surface area contributed by atoms with Gasteiger partial charge in [0.05, 0.1) is 11.1 Å². The van der Waals surface area contributed by atoms with Gasteiger partial charge in [0.1, 0.15) is 11.6 Å². The van der Waals surface area contributed by atoms with E-state index >= 15 is 0 Å². The van der Waals surface area contributed by atoms with Crippen molar-refractivity contribution in [3.63, 3.8) is 0 Å². The fourth-order valence-corrected chi connectivity index (χ4v) is 7.17. The van der Waals surface area contributed by atoms with Gasteiger partial charge < -0.3 is 25.2 Å². The van der Waals surface area contributed by atoms with Gasteiger partial charge in [-0.1, -0.05) is 6.07 Å². The first-order valence-electron chi connectivity index (χ1n) is 16.6. The van der Waals surface area contributed by atoms with Crippen LogP contribution in [0.2, 0.25) is 0 Å². The van der Waals surface area contributed by atoms with Gasteiger partial charge in [-0.05, 0) is 112 Å². The van der Waals surface area contributed by atoms with E-state index < -0.39 is 11.6 Å². The van der Waals surface area contributed by atoms with Crippen LogP contribution in [0, 0.1) is 11.6 Å². The molecule has 3 fully saturated rings. The number of fused-ring (bicyclic) bond motifs is 1. The molecule has 1 atom stereocenters. The minimum Gasteiger partial charge on any atom is -0.381 e. The topological polar surface area (TPSA) is 103 Å². The number of anilines is 2. The Morgan fingerprint density at radius 2 is 1.68 bits per heavy atom. The van der Waals surface area contributed by atoms with Gasteiger partial charge in [0.15, 0.2) is 5.82 Å². The number of H-pyrrole nitrogens is 1.